The minimum absolute atomic E-state index is 0.0615. The highest BCUT2D eigenvalue weighted by Gasteiger charge is 2.31. The van der Waals surface area contributed by atoms with E-state index >= 15 is 0 Å². The molecule has 1 aliphatic heterocycles. The highest BCUT2D eigenvalue weighted by molar-refractivity contribution is 6.00. The molecule has 33 heavy (non-hydrogen) atoms. The predicted molar refractivity (Wildman–Crippen MR) is 129 cm³/mol. The van der Waals surface area contributed by atoms with Gasteiger partial charge < -0.3 is 19.7 Å². The zero-order chi connectivity index (χ0) is 23.0. The third-order valence-electron chi connectivity index (χ3n) is 5.48. The Labute approximate surface area is 194 Å². The minimum Gasteiger partial charge on any atom is -0.494 e. The second-order valence-corrected chi connectivity index (χ2v) is 7.98. The van der Waals surface area contributed by atoms with Crippen molar-refractivity contribution in [2.75, 3.05) is 23.4 Å². The molecule has 170 valence electrons. The molecule has 4 rings (SSSR count). The first-order chi connectivity index (χ1) is 16.1. The van der Waals surface area contributed by atoms with Gasteiger partial charge in [-0.2, -0.15) is 0 Å². The molecular formula is C27H28N2O4. The average Bonchev–Trinajstić information content (AvgIpc) is 2.83. The number of para-hydroxylation sites is 1. The summed E-state index contributed by atoms with van der Waals surface area (Å²) in [4.78, 5) is 26.9. The fourth-order valence-corrected chi connectivity index (χ4v) is 3.77. The average molecular weight is 445 g/mol. The molecule has 0 bridgehead atoms. The number of anilines is 2. The van der Waals surface area contributed by atoms with Crippen LogP contribution in [0, 0.1) is 0 Å². The molecule has 2 amide bonds. The highest BCUT2D eigenvalue weighted by Crippen LogP contribution is 2.36. The Morgan fingerprint density at radius 3 is 2.52 bits per heavy atom. The van der Waals surface area contributed by atoms with Gasteiger partial charge in [0.05, 0.1) is 12.3 Å². The quantitative estimate of drug-likeness (QED) is 0.480. The molecule has 0 radical (unpaired) electrons. The zero-order valence-electron chi connectivity index (χ0n) is 18.7. The number of benzene rings is 3. The number of hydrogen-bond donors (Lipinski definition) is 1. The monoisotopic (exact) mass is 444 g/mol. The third kappa shape index (κ3) is 5.92. The lowest BCUT2D eigenvalue weighted by atomic mass is 10.1. The Kier molecular flexibility index (Phi) is 7.25. The molecule has 1 atom stereocenters. The van der Waals surface area contributed by atoms with E-state index in [1.807, 2.05) is 54.6 Å². The number of nitrogens with zero attached hydrogens (tertiary/aromatic N) is 1. The van der Waals surface area contributed by atoms with Gasteiger partial charge in [-0.25, -0.2) is 0 Å². The standard InChI is InChI=1S/C27H28N2O4/c1-20-27(31)29(17-16-21-9-4-2-5-10-21)24-15-14-22(19-25(24)33-20)28-26(30)13-8-18-32-23-11-6-3-7-12-23/h2-7,9-12,14-15,19-20H,8,13,16-18H2,1H3,(H,28,30). The van der Waals surface area contributed by atoms with Gasteiger partial charge >= 0.3 is 0 Å². The summed E-state index contributed by atoms with van der Waals surface area (Å²) < 4.78 is 11.5. The highest BCUT2D eigenvalue weighted by atomic mass is 16.5. The number of carbonyl (C=O) groups is 2. The van der Waals surface area contributed by atoms with Crippen molar-refractivity contribution in [2.24, 2.45) is 0 Å². The van der Waals surface area contributed by atoms with E-state index in [2.05, 4.69) is 17.4 Å². The fraction of sp³-hybridized carbons (Fsp3) is 0.259. The minimum atomic E-state index is -0.575. The zero-order valence-corrected chi connectivity index (χ0v) is 18.7. The fourth-order valence-electron chi connectivity index (χ4n) is 3.77. The van der Waals surface area contributed by atoms with E-state index < -0.39 is 6.10 Å². The maximum atomic E-state index is 12.7. The van der Waals surface area contributed by atoms with Gasteiger partial charge in [-0.05, 0) is 49.6 Å². The summed E-state index contributed by atoms with van der Waals surface area (Å²) in [5.41, 5.74) is 2.54. The molecule has 0 spiro atoms. The number of fused-ring (bicyclic) bond motifs is 1. The van der Waals surface area contributed by atoms with Crippen LogP contribution in [0.25, 0.3) is 0 Å². The first-order valence-corrected chi connectivity index (χ1v) is 11.2. The van der Waals surface area contributed by atoms with Crippen LogP contribution >= 0.6 is 0 Å². The molecule has 0 aromatic heterocycles. The number of ether oxygens (including phenoxy) is 2. The number of rotatable bonds is 9. The Hall–Kier alpha value is -3.80. The van der Waals surface area contributed by atoms with Crippen LogP contribution in [-0.4, -0.2) is 31.1 Å². The van der Waals surface area contributed by atoms with Gasteiger partial charge in [0, 0.05) is 24.7 Å². The molecule has 0 fully saturated rings. The van der Waals surface area contributed by atoms with E-state index in [0.717, 1.165) is 17.9 Å². The van der Waals surface area contributed by atoms with E-state index in [4.69, 9.17) is 9.47 Å². The Morgan fingerprint density at radius 2 is 1.76 bits per heavy atom. The molecular weight excluding hydrogens is 416 g/mol. The van der Waals surface area contributed by atoms with E-state index in [9.17, 15) is 9.59 Å². The van der Waals surface area contributed by atoms with Crippen molar-refractivity contribution in [3.05, 3.63) is 84.4 Å². The maximum Gasteiger partial charge on any atom is 0.267 e. The number of hydrogen-bond acceptors (Lipinski definition) is 4. The predicted octanol–water partition coefficient (Wildman–Crippen LogP) is 4.84. The molecule has 3 aromatic rings. The second kappa shape index (κ2) is 10.7. The van der Waals surface area contributed by atoms with Gasteiger partial charge in [0.25, 0.3) is 5.91 Å². The van der Waals surface area contributed by atoms with Crippen LogP contribution in [0.5, 0.6) is 11.5 Å². The van der Waals surface area contributed by atoms with Crippen LogP contribution < -0.4 is 19.7 Å². The molecule has 3 aromatic carbocycles. The largest absolute Gasteiger partial charge is 0.494 e. The van der Waals surface area contributed by atoms with Crippen molar-refractivity contribution in [1.82, 2.24) is 0 Å². The lowest BCUT2D eigenvalue weighted by Gasteiger charge is -2.33. The molecule has 1 aliphatic rings. The van der Waals surface area contributed by atoms with Crippen molar-refractivity contribution < 1.29 is 19.1 Å². The second-order valence-electron chi connectivity index (χ2n) is 7.98. The molecule has 1 unspecified atom stereocenters. The molecule has 1 N–H and O–H groups in total. The van der Waals surface area contributed by atoms with Crippen LogP contribution in [0.2, 0.25) is 0 Å². The van der Waals surface area contributed by atoms with Crippen molar-refractivity contribution in [3.63, 3.8) is 0 Å². The molecule has 0 aliphatic carbocycles. The van der Waals surface area contributed by atoms with Gasteiger partial charge in [0.1, 0.15) is 11.5 Å². The maximum absolute atomic E-state index is 12.7. The lowest BCUT2D eigenvalue weighted by Crippen LogP contribution is -2.45. The van der Waals surface area contributed by atoms with Crippen molar-refractivity contribution in [3.8, 4) is 11.5 Å². The van der Waals surface area contributed by atoms with Gasteiger partial charge in [-0.1, -0.05) is 48.5 Å². The van der Waals surface area contributed by atoms with E-state index in [1.54, 1.807) is 24.0 Å². The molecule has 0 saturated heterocycles. The van der Waals surface area contributed by atoms with Gasteiger partial charge in [0.2, 0.25) is 5.91 Å². The molecule has 6 heteroatoms. The Bertz CT molecular complexity index is 1090. The SMILES string of the molecule is CC1Oc2cc(NC(=O)CCCOc3ccccc3)ccc2N(CCc2ccccc2)C1=O. The van der Waals surface area contributed by atoms with E-state index in [0.29, 0.717) is 37.4 Å². The van der Waals surface area contributed by atoms with Crippen LogP contribution in [0.4, 0.5) is 11.4 Å². The normalized spacial score (nSPS) is 14.9. The number of amides is 2. The summed E-state index contributed by atoms with van der Waals surface area (Å²) in [5.74, 6) is 1.24. The number of nitrogens with one attached hydrogen (secondary N) is 1. The van der Waals surface area contributed by atoms with Crippen molar-refractivity contribution >= 4 is 23.2 Å². The molecule has 1 heterocycles. The summed E-state index contributed by atoms with van der Waals surface area (Å²) >= 11 is 0. The lowest BCUT2D eigenvalue weighted by molar-refractivity contribution is -0.125. The summed E-state index contributed by atoms with van der Waals surface area (Å²) in [7, 11) is 0. The van der Waals surface area contributed by atoms with Gasteiger partial charge in [-0.3, -0.25) is 9.59 Å². The summed E-state index contributed by atoms with van der Waals surface area (Å²) in [6.07, 6.45) is 1.14. The Morgan fingerprint density at radius 1 is 1.03 bits per heavy atom. The van der Waals surface area contributed by atoms with Crippen molar-refractivity contribution in [1.29, 1.82) is 0 Å². The van der Waals surface area contributed by atoms with E-state index in [1.165, 1.54) is 5.56 Å². The summed E-state index contributed by atoms with van der Waals surface area (Å²) in [6.45, 7) is 2.79. The first-order valence-electron chi connectivity index (χ1n) is 11.2. The van der Waals surface area contributed by atoms with Gasteiger partial charge in [0.15, 0.2) is 6.10 Å². The van der Waals surface area contributed by atoms with Crippen LogP contribution in [0.1, 0.15) is 25.3 Å². The van der Waals surface area contributed by atoms with Crippen LogP contribution in [0.3, 0.4) is 0 Å². The van der Waals surface area contributed by atoms with Crippen LogP contribution in [0.15, 0.2) is 78.9 Å². The topological polar surface area (TPSA) is 67.9 Å². The first kappa shape index (κ1) is 22.4. The molecule has 6 nitrogen and oxygen atoms in total. The van der Waals surface area contributed by atoms with Crippen LogP contribution in [-0.2, 0) is 16.0 Å². The van der Waals surface area contributed by atoms with Crippen molar-refractivity contribution in [2.45, 2.75) is 32.3 Å². The Balaban J connectivity index is 1.34. The smallest absolute Gasteiger partial charge is 0.267 e. The summed E-state index contributed by atoms with van der Waals surface area (Å²) in [5, 5.41) is 2.91. The van der Waals surface area contributed by atoms with Gasteiger partial charge in [-0.15, -0.1) is 0 Å². The summed E-state index contributed by atoms with van der Waals surface area (Å²) in [6, 6.07) is 25.0. The number of carbonyl (C=O) groups excluding carboxylic acids is 2. The third-order valence-corrected chi connectivity index (χ3v) is 5.48. The van der Waals surface area contributed by atoms with E-state index in [-0.39, 0.29) is 11.8 Å². The molecule has 0 saturated carbocycles.